The summed E-state index contributed by atoms with van der Waals surface area (Å²) in [5.74, 6) is 1.19. The molecule has 0 saturated carbocycles. The summed E-state index contributed by atoms with van der Waals surface area (Å²) in [5.41, 5.74) is 1.13. The van der Waals surface area contributed by atoms with E-state index in [1.54, 1.807) is 10.6 Å². The molecule has 0 atom stereocenters. The number of aliphatic hydroxyl groups excluding tert-OH is 1. The second-order valence-corrected chi connectivity index (χ2v) is 4.93. The number of hydrogen-bond donors (Lipinski definition) is 1. The Morgan fingerprint density at radius 3 is 2.81 bits per heavy atom. The summed E-state index contributed by atoms with van der Waals surface area (Å²) in [4.78, 5) is 10.2. The van der Waals surface area contributed by atoms with Gasteiger partial charge in [0.2, 0.25) is 0 Å². The highest BCUT2D eigenvalue weighted by atomic mass is 35.5. The normalized spacial score (nSPS) is 11.0. The first-order chi connectivity index (χ1) is 10.3. The number of hydrogen-bond acceptors (Lipinski definition) is 5. The van der Waals surface area contributed by atoms with Gasteiger partial charge >= 0.3 is 0 Å². The molecule has 108 valence electrons. The lowest BCUT2D eigenvalue weighted by atomic mass is 10.2. The first-order valence-corrected chi connectivity index (χ1v) is 6.92. The maximum atomic E-state index is 9.33. The summed E-state index contributed by atoms with van der Waals surface area (Å²) in [6.07, 6.45) is 1.43. The average Bonchev–Trinajstić information content (AvgIpc) is 2.95. The predicted molar refractivity (Wildman–Crippen MR) is 80.4 cm³/mol. The molecule has 0 radical (unpaired) electrons. The van der Waals surface area contributed by atoms with Crippen molar-refractivity contribution in [2.24, 2.45) is 0 Å². The van der Waals surface area contributed by atoms with Crippen molar-refractivity contribution in [2.75, 3.05) is 18.1 Å². The number of benzene rings is 1. The Kier molecular flexibility index (Phi) is 3.98. The third-order valence-electron chi connectivity index (χ3n) is 3.11. The van der Waals surface area contributed by atoms with Crippen LogP contribution in [0.4, 0.5) is 5.82 Å². The first-order valence-electron chi connectivity index (χ1n) is 6.54. The van der Waals surface area contributed by atoms with Gasteiger partial charge in [0, 0.05) is 19.2 Å². The van der Waals surface area contributed by atoms with Crippen molar-refractivity contribution in [3.8, 4) is 0 Å². The minimum absolute atomic E-state index is 0.0307. The van der Waals surface area contributed by atoms with Gasteiger partial charge in [-0.25, -0.2) is 0 Å². The van der Waals surface area contributed by atoms with Crippen LogP contribution in [-0.4, -0.2) is 37.8 Å². The van der Waals surface area contributed by atoms with Gasteiger partial charge in [-0.05, 0) is 5.56 Å². The van der Waals surface area contributed by atoms with E-state index in [-0.39, 0.29) is 6.61 Å². The van der Waals surface area contributed by atoms with Crippen molar-refractivity contribution in [2.45, 2.75) is 6.54 Å². The lowest BCUT2D eigenvalue weighted by molar-refractivity contribution is 0.301. The van der Waals surface area contributed by atoms with Crippen LogP contribution < -0.4 is 4.90 Å². The van der Waals surface area contributed by atoms with Gasteiger partial charge in [0.25, 0.3) is 5.78 Å². The quantitative estimate of drug-likeness (QED) is 0.728. The summed E-state index contributed by atoms with van der Waals surface area (Å²) in [6, 6.07) is 11.7. The molecule has 7 heteroatoms. The number of aromatic nitrogens is 4. The van der Waals surface area contributed by atoms with E-state index in [1.165, 1.54) is 6.33 Å². The van der Waals surface area contributed by atoms with Gasteiger partial charge in [-0.3, -0.25) is 0 Å². The number of fused-ring (bicyclic) bond motifs is 1. The molecule has 3 rings (SSSR count). The summed E-state index contributed by atoms with van der Waals surface area (Å²) in [5, 5.41) is 13.8. The summed E-state index contributed by atoms with van der Waals surface area (Å²) >= 11 is 6.05. The fourth-order valence-electron chi connectivity index (χ4n) is 2.19. The van der Waals surface area contributed by atoms with Crippen LogP contribution in [0.25, 0.3) is 5.78 Å². The van der Waals surface area contributed by atoms with Gasteiger partial charge in [-0.15, -0.1) is 0 Å². The fraction of sp³-hybridized carbons (Fsp3) is 0.214. The van der Waals surface area contributed by atoms with Crippen LogP contribution >= 0.6 is 11.6 Å². The van der Waals surface area contributed by atoms with Crippen LogP contribution in [0.5, 0.6) is 0 Å². The van der Waals surface area contributed by atoms with E-state index >= 15 is 0 Å². The van der Waals surface area contributed by atoms with Gasteiger partial charge in [0.15, 0.2) is 0 Å². The van der Waals surface area contributed by atoms with E-state index in [4.69, 9.17) is 11.6 Å². The highest BCUT2D eigenvalue weighted by Gasteiger charge is 2.14. The van der Waals surface area contributed by atoms with Crippen molar-refractivity contribution in [1.29, 1.82) is 0 Å². The van der Waals surface area contributed by atoms with E-state index in [9.17, 15) is 5.11 Å². The van der Waals surface area contributed by atoms with Crippen molar-refractivity contribution in [3.05, 3.63) is 53.4 Å². The van der Waals surface area contributed by atoms with Gasteiger partial charge in [-0.2, -0.15) is 19.6 Å². The Labute approximate surface area is 126 Å². The molecule has 0 unspecified atom stereocenters. The lowest BCUT2D eigenvalue weighted by Crippen LogP contribution is -2.28. The third-order valence-corrected chi connectivity index (χ3v) is 3.31. The standard InChI is InChI=1S/C14H14ClN5O/c15-12-8-13(20-14(18-12)16-10-17-20)19(6-7-21)9-11-4-2-1-3-5-11/h1-5,8,10,21H,6-7,9H2. The summed E-state index contributed by atoms with van der Waals surface area (Å²) in [7, 11) is 0. The molecule has 1 aromatic carbocycles. The van der Waals surface area contributed by atoms with Crippen molar-refractivity contribution < 1.29 is 5.11 Å². The number of aliphatic hydroxyl groups is 1. The predicted octanol–water partition coefficient (Wildman–Crippen LogP) is 1.78. The van der Waals surface area contributed by atoms with Crippen LogP contribution in [0, 0.1) is 0 Å². The Bertz CT molecular complexity index is 731. The molecule has 0 aliphatic heterocycles. The molecular formula is C14H14ClN5O. The van der Waals surface area contributed by atoms with Crippen LogP contribution in [0.1, 0.15) is 5.56 Å². The first kappa shape index (κ1) is 13.8. The zero-order chi connectivity index (χ0) is 14.7. The second kappa shape index (κ2) is 6.07. The molecule has 6 nitrogen and oxygen atoms in total. The van der Waals surface area contributed by atoms with Crippen LogP contribution in [-0.2, 0) is 6.54 Å². The SMILES string of the molecule is OCCN(Cc1ccccc1)c1cc(Cl)nc2ncnn12. The van der Waals surface area contributed by atoms with Gasteiger partial charge in [-0.1, -0.05) is 41.9 Å². The minimum atomic E-state index is 0.0307. The van der Waals surface area contributed by atoms with Crippen LogP contribution in [0.15, 0.2) is 42.7 Å². The molecule has 0 aliphatic rings. The molecule has 0 spiro atoms. The highest BCUT2D eigenvalue weighted by Crippen LogP contribution is 2.20. The van der Waals surface area contributed by atoms with Gasteiger partial charge in [0.1, 0.15) is 17.3 Å². The highest BCUT2D eigenvalue weighted by molar-refractivity contribution is 6.29. The van der Waals surface area contributed by atoms with E-state index < -0.39 is 0 Å². The fourth-order valence-corrected chi connectivity index (χ4v) is 2.37. The van der Waals surface area contributed by atoms with Crippen LogP contribution in [0.2, 0.25) is 5.15 Å². The van der Waals surface area contributed by atoms with Gasteiger partial charge < -0.3 is 10.0 Å². The molecular weight excluding hydrogens is 290 g/mol. The number of anilines is 1. The molecule has 21 heavy (non-hydrogen) atoms. The molecule has 2 heterocycles. The molecule has 2 aromatic heterocycles. The van der Waals surface area contributed by atoms with Crippen molar-refractivity contribution in [3.63, 3.8) is 0 Å². The molecule has 3 aromatic rings. The van der Waals surface area contributed by atoms with Crippen molar-refractivity contribution in [1.82, 2.24) is 19.6 Å². The molecule has 0 saturated heterocycles. The smallest absolute Gasteiger partial charge is 0.255 e. The lowest BCUT2D eigenvalue weighted by Gasteiger charge is -2.24. The second-order valence-electron chi connectivity index (χ2n) is 4.54. The zero-order valence-corrected chi connectivity index (χ0v) is 12.0. The molecule has 0 bridgehead atoms. The summed E-state index contributed by atoms with van der Waals surface area (Å²) in [6.45, 7) is 1.13. The van der Waals surface area contributed by atoms with Crippen LogP contribution in [0.3, 0.4) is 0 Å². The number of rotatable bonds is 5. The molecule has 0 fully saturated rings. The molecule has 1 N–H and O–H groups in total. The maximum absolute atomic E-state index is 9.33. The van der Waals surface area contributed by atoms with Gasteiger partial charge in [0.05, 0.1) is 6.61 Å². The zero-order valence-electron chi connectivity index (χ0n) is 11.2. The minimum Gasteiger partial charge on any atom is -0.395 e. The topological polar surface area (TPSA) is 66.5 Å². The average molecular weight is 304 g/mol. The van der Waals surface area contributed by atoms with E-state index in [2.05, 4.69) is 15.1 Å². The Balaban J connectivity index is 2.00. The molecule has 0 aliphatic carbocycles. The summed E-state index contributed by atoms with van der Waals surface area (Å²) < 4.78 is 1.62. The number of nitrogens with zero attached hydrogens (tertiary/aromatic N) is 5. The molecule has 0 amide bonds. The van der Waals surface area contributed by atoms with Crippen molar-refractivity contribution >= 4 is 23.2 Å². The van der Waals surface area contributed by atoms with E-state index in [0.717, 1.165) is 11.4 Å². The third kappa shape index (κ3) is 2.96. The Morgan fingerprint density at radius 1 is 1.24 bits per heavy atom. The van der Waals surface area contributed by atoms with E-state index in [1.807, 2.05) is 35.2 Å². The largest absolute Gasteiger partial charge is 0.395 e. The van der Waals surface area contributed by atoms with E-state index in [0.29, 0.717) is 24.0 Å². The Hall–Kier alpha value is -2.18. The maximum Gasteiger partial charge on any atom is 0.255 e. The Morgan fingerprint density at radius 2 is 2.05 bits per heavy atom. The number of halogens is 1. The monoisotopic (exact) mass is 303 g/mol.